The summed E-state index contributed by atoms with van der Waals surface area (Å²) in [5.41, 5.74) is 6.57. The van der Waals surface area contributed by atoms with Gasteiger partial charge in [-0.2, -0.15) is 0 Å². The van der Waals surface area contributed by atoms with E-state index in [-0.39, 0.29) is 5.54 Å². The molecule has 0 aromatic rings. The molecule has 0 radical (unpaired) electrons. The number of hydrogen-bond donors (Lipinski definition) is 1. The van der Waals surface area contributed by atoms with Gasteiger partial charge in [0.2, 0.25) is 0 Å². The summed E-state index contributed by atoms with van der Waals surface area (Å²) in [4.78, 5) is 2.34. The zero-order valence-electron chi connectivity index (χ0n) is 9.56. The SMILES string of the molecule is CN(C)C1(CN)CCCCC1(C)C. The summed E-state index contributed by atoms with van der Waals surface area (Å²) in [6.45, 7) is 5.50. The standard InChI is InChI=1S/C11H24N2/c1-10(2)7-5-6-8-11(10,9-12)13(3)4/h5-9,12H2,1-4H3. The van der Waals surface area contributed by atoms with E-state index < -0.39 is 0 Å². The first-order chi connectivity index (χ1) is 5.96. The molecule has 1 unspecified atom stereocenters. The second-order valence-corrected chi connectivity index (χ2v) is 5.22. The maximum Gasteiger partial charge on any atom is 0.0376 e. The smallest absolute Gasteiger partial charge is 0.0376 e. The minimum absolute atomic E-state index is 0.227. The second-order valence-electron chi connectivity index (χ2n) is 5.22. The summed E-state index contributed by atoms with van der Waals surface area (Å²) >= 11 is 0. The molecule has 0 saturated heterocycles. The largest absolute Gasteiger partial charge is 0.329 e. The van der Waals surface area contributed by atoms with Gasteiger partial charge >= 0.3 is 0 Å². The molecule has 0 spiro atoms. The predicted molar refractivity (Wildman–Crippen MR) is 57.7 cm³/mol. The third kappa shape index (κ3) is 1.62. The minimum Gasteiger partial charge on any atom is -0.329 e. The summed E-state index contributed by atoms with van der Waals surface area (Å²) in [6, 6.07) is 0. The van der Waals surface area contributed by atoms with Gasteiger partial charge < -0.3 is 10.6 Å². The van der Waals surface area contributed by atoms with Gasteiger partial charge in [-0.25, -0.2) is 0 Å². The first kappa shape index (κ1) is 11.0. The van der Waals surface area contributed by atoms with Crippen molar-refractivity contribution in [3.8, 4) is 0 Å². The van der Waals surface area contributed by atoms with Crippen LogP contribution in [0.15, 0.2) is 0 Å². The van der Waals surface area contributed by atoms with E-state index in [0.29, 0.717) is 5.41 Å². The van der Waals surface area contributed by atoms with E-state index >= 15 is 0 Å². The van der Waals surface area contributed by atoms with Crippen molar-refractivity contribution in [2.24, 2.45) is 11.1 Å². The molecule has 2 nitrogen and oxygen atoms in total. The van der Waals surface area contributed by atoms with Gasteiger partial charge in [0.1, 0.15) is 0 Å². The van der Waals surface area contributed by atoms with Crippen molar-refractivity contribution in [2.75, 3.05) is 20.6 Å². The van der Waals surface area contributed by atoms with Crippen molar-refractivity contribution in [3.05, 3.63) is 0 Å². The molecule has 1 rings (SSSR count). The maximum absolute atomic E-state index is 5.97. The number of hydrogen-bond acceptors (Lipinski definition) is 2. The van der Waals surface area contributed by atoms with Gasteiger partial charge in [-0.15, -0.1) is 0 Å². The van der Waals surface area contributed by atoms with Crippen molar-refractivity contribution in [2.45, 2.75) is 45.1 Å². The number of nitrogens with zero attached hydrogens (tertiary/aromatic N) is 1. The number of likely N-dealkylation sites (N-methyl/N-ethyl adjacent to an activating group) is 1. The Morgan fingerprint density at radius 1 is 1.15 bits per heavy atom. The van der Waals surface area contributed by atoms with Crippen LogP contribution in [0.1, 0.15) is 39.5 Å². The van der Waals surface area contributed by atoms with E-state index in [0.717, 1.165) is 6.54 Å². The minimum atomic E-state index is 0.227. The molecule has 1 atom stereocenters. The fraction of sp³-hybridized carbons (Fsp3) is 1.00. The molecule has 1 aliphatic carbocycles. The maximum atomic E-state index is 5.97. The summed E-state index contributed by atoms with van der Waals surface area (Å²) in [6.07, 6.45) is 5.26. The highest BCUT2D eigenvalue weighted by Crippen LogP contribution is 2.45. The van der Waals surface area contributed by atoms with Crippen molar-refractivity contribution < 1.29 is 0 Å². The monoisotopic (exact) mass is 184 g/mol. The zero-order valence-corrected chi connectivity index (χ0v) is 9.56. The first-order valence-corrected chi connectivity index (χ1v) is 5.34. The van der Waals surface area contributed by atoms with E-state index in [1.165, 1.54) is 25.7 Å². The topological polar surface area (TPSA) is 29.3 Å². The summed E-state index contributed by atoms with van der Waals surface area (Å²) in [5.74, 6) is 0. The van der Waals surface area contributed by atoms with Gasteiger partial charge in [-0.3, -0.25) is 0 Å². The molecule has 1 aliphatic rings. The van der Waals surface area contributed by atoms with Crippen LogP contribution >= 0.6 is 0 Å². The van der Waals surface area contributed by atoms with Gasteiger partial charge in [0.15, 0.2) is 0 Å². The van der Waals surface area contributed by atoms with Crippen molar-refractivity contribution >= 4 is 0 Å². The van der Waals surface area contributed by atoms with E-state index in [9.17, 15) is 0 Å². The molecule has 0 amide bonds. The van der Waals surface area contributed by atoms with Crippen molar-refractivity contribution in [1.29, 1.82) is 0 Å². The molecule has 13 heavy (non-hydrogen) atoms. The Morgan fingerprint density at radius 2 is 1.69 bits per heavy atom. The Labute approximate surface area is 82.5 Å². The molecule has 1 fully saturated rings. The molecule has 1 saturated carbocycles. The van der Waals surface area contributed by atoms with E-state index in [4.69, 9.17) is 5.73 Å². The van der Waals surface area contributed by atoms with Gasteiger partial charge in [0.05, 0.1) is 0 Å². The third-order valence-electron chi connectivity index (χ3n) is 4.10. The molecule has 0 heterocycles. The Kier molecular flexibility index (Phi) is 3.03. The van der Waals surface area contributed by atoms with Crippen LogP contribution in [0.2, 0.25) is 0 Å². The zero-order chi connectivity index (χ0) is 10.1. The molecule has 0 aliphatic heterocycles. The normalized spacial score (nSPS) is 33.7. The second kappa shape index (κ2) is 3.58. The highest BCUT2D eigenvalue weighted by atomic mass is 15.2. The average Bonchev–Trinajstić information content (AvgIpc) is 2.03. The number of nitrogens with two attached hydrogens (primary N) is 1. The number of rotatable bonds is 2. The van der Waals surface area contributed by atoms with Crippen LogP contribution < -0.4 is 5.73 Å². The van der Waals surface area contributed by atoms with Crippen molar-refractivity contribution in [1.82, 2.24) is 4.90 Å². The Bertz CT molecular complexity index is 175. The lowest BCUT2D eigenvalue weighted by Gasteiger charge is -2.54. The van der Waals surface area contributed by atoms with Gasteiger partial charge in [-0.1, -0.05) is 26.7 Å². The van der Waals surface area contributed by atoms with Crippen LogP contribution in [0.4, 0.5) is 0 Å². The molecule has 78 valence electrons. The van der Waals surface area contributed by atoms with Crippen LogP contribution in [-0.4, -0.2) is 31.1 Å². The summed E-state index contributed by atoms with van der Waals surface area (Å²) in [7, 11) is 4.33. The highest BCUT2D eigenvalue weighted by Gasteiger charge is 2.46. The fourth-order valence-electron chi connectivity index (χ4n) is 2.95. The lowest BCUT2D eigenvalue weighted by Crippen LogP contribution is -2.61. The van der Waals surface area contributed by atoms with Gasteiger partial charge in [0.25, 0.3) is 0 Å². The Hall–Kier alpha value is -0.0800. The van der Waals surface area contributed by atoms with Crippen LogP contribution in [0.3, 0.4) is 0 Å². The average molecular weight is 184 g/mol. The highest BCUT2D eigenvalue weighted by molar-refractivity contribution is 5.03. The van der Waals surface area contributed by atoms with E-state index in [1.807, 2.05) is 0 Å². The fourth-order valence-corrected chi connectivity index (χ4v) is 2.95. The first-order valence-electron chi connectivity index (χ1n) is 5.34. The Balaban J connectivity index is 2.93. The van der Waals surface area contributed by atoms with E-state index in [2.05, 4.69) is 32.8 Å². The third-order valence-corrected chi connectivity index (χ3v) is 4.10. The van der Waals surface area contributed by atoms with Gasteiger partial charge in [0, 0.05) is 12.1 Å². The molecule has 2 heteroatoms. The molecule has 0 aromatic carbocycles. The summed E-state index contributed by atoms with van der Waals surface area (Å²) < 4.78 is 0. The van der Waals surface area contributed by atoms with Crippen LogP contribution in [0.5, 0.6) is 0 Å². The molecule has 0 bridgehead atoms. The van der Waals surface area contributed by atoms with Crippen LogP contribution in [0.25, 0.3) is 0 Å². The molecular formula is C11H24N2. The lowest BCUT2D eigenvalue weighted by atomic mass is 9.62. The van der Waals surface area contributed by atoms with Crippen LogP contribution in [0, 0.1) is 5.41 Å². The van der Waals surface area contributed by atoms with E-state index in [1.54, 1.807) is 0 Å². The quantitative estimate of drug-likeness (QED) is 0.709. The molecular weight excluding hydrogens is 160 g/mol. The molecule has 2 N–H and O–H groups in total. The summed E-state index contributed by atoms with van der Waals surface area (Å²) in [5, 5.41) is 0. The lowest BCUT2D eigenvalue weighted by molar-refractivity contribution is -0.0137. The van der Waals surface area contributed by atoms with Crippen LogP contribution in [-0.2, 0) is 0 Å². The Morgan fingerprint density at radius 3 is 2.00 bits per heavy atom. The molecule has 0 aromatic heterocycles. The van der Waals surface area contributed by atoms with Crippen molar-refractivity contribution in [3.63, 3.8) is 0 Å². The predicted octanol–water partition coefficient (Wildman–Crippen LogP) is 1.85. The van der Waals surface area contributed by atoms with Gasteiger partial charge in [-0.05, 0) is 32.4 Å².